The van der Waals surface area contributed by atoms with Crippen LogP contribution in [0.1, 0.15) is 24.0 Å². The van der Waals surface area contributed by atoms with E-state index in [1.165, 1.54) is 5.56 Å². The van der Waals surface area contributed by atoms with Crippen LogP contribution in [0.4, 0.5) is 0 Å². The monoisotopic (exact) mass is 460 g/mol. The molecule has 2 aromatic carbocycles. The number of hydrogen-bond donors (Lipinski definition) is 1. The zero-order valence-corrected chi connectivity index (χ0v) is 20.5. The number of aromatic nitrogens is 1. The number of rotatable bonds is 8. The van der Waals surface area contributed by atoms with Gasteiger partial charge in [-0.1, -0.05) is 48.5 Å². The first-order valence-electron chi connectivity index (χ1n) is 12.2. The SMILES string of the molecule is CN(C)CC(=O)N(C)C(Cc1ccccc1)C1CCN(C(=O)Cc2c[nH]c3ccccc23)CC1. The topological polar surface area (TPSA) is 59.7 Å². The molecule has 1 aliphatic rings. The number of benzene rings is 2. The van der Waals surface area contributed by atoms with Gasteiger partial charge in [-0.3, -0.25) is 9.59 Å². The van der Waals surface area contributed by atoms with E-state index in [-0.39, 0.29) is 17.9 Å². The van der Waals surface area contributed by atoms with Crippen LogP contribution in [-0.4, -0.2) is 78.3 Å². The number of fused-ring (bicyclic) bond motifs is 1. The molecule has 34 heavy (non-hydrogen) atoms. The van der Waals surface area contributed by atoms with Crippen molar-refractivity contribution in [3.8, 4) is 0 Å². The van der Waals surface area contributed by atoms with Crippen LogP contribution >= 0.6 is 0 Å². The summed E-state index contributed by atoms with van der Waals surface area (Å²) in [7, 11) is 5.79. The Kier molecular flexibility index (Phi) is 7.68. The summed E-state index contributed by atoms with van der Waals surface area (Å²) < 4.78 is 0. The quantitative estimate of drug-likeness (QED) is 0.559. The van der Waals surface area contributed by atoms with Crippen LogP contribution in [0.15, 0.2) is 60.8 Å². The van der Waals surface area contributed by atoms with Crippen molar-refractivity contribution in [1.29, 1.82) is 0 Å². The molecule has 1 unspecified atom stereocenters. The minimum Gasteiger partial charge on any atom is -0.361 e. The second-order valence-electron chi connectivity index (χ2n) is 9.75. The molecule has 1 saturated heterocycles. The molecule has 0 bridgehead atoms. The summed E-state index contributed by atoms with van der Waals surface area (Å²) in [5.41, 5.74) is 3.37. The van der Waals surface area contributed by atoms with Crippen molar-refractivity contribution in [3.05, 3.63) is 71.9 Å². The number of likely N-dealkylation sites (N-methyl/N-ethyl adjacent to an activating group) is 2. The average Bonchev–Trinajstić information content (AvgIpc) is 3.25. The fourth-order valence-electron chi connectivity index (χ4n) is 5.13. The zero-order chi connectivity index (χ0) is 24.1. The number of amides is 2. The van der Waals surface area contributed by atoms with Gasteiger partial charge in [0.2, 0.25) is 11.8 Å². The number of carbonyl (C=O) groups excluding carboxylic acids is 2. The van der Waals surface area contributed by atoms with Gasteiger partial charge in [0.1, 0.15) is 0 Å². The summed E-state index contributed by atoms with van der Waals surface area (Å²) in [5.74, 6) is 0.692. The summed E-state index contributed by atoms with van der Waals surface area (Å²) in [6.07, 6.45) is 5.04. The molecule has 4 rings (SSSR count). The van der Waals surface area contributed by atoms with Gasteiger partial charge < -0.3 is 19.7 Å². The van der Waals surface area contributed by atoms with Gasteiger partial charge in [-0.25, -0.2) is 0 Å². The van der Waals surface area contributed by atoms with Crippen LogP contribution < -0.4 is 0 Å². The standard InChI is InChI=1S/C28H36N4O2/c1-30(2)20-28(34)31(3)26(17-21-9-5-4-6-10-21)22-13-15-32(16-14-22)27(33)18-23-19-29-25-12-8-7-11-24(23)25/h4-12,19,22,26,29H,13-18,20H2,1-3H3. The van der Waals surface area contributed by atoms with E-state index in [0.29, 0.717) is 18.9 Å². The van der Waals surface area contributed by atoms with E-state index in [4.69, 9.17) is 0 Å². The van der Waals surface area contributed by atoms with Gasteiger partial charge in [0, 0.05) is 43.3 Å². The summed E-state index contributed by atoms with van der Waals surface area (Å²) in [4.78, 5) is 35.1. The molecule has 1 atom stereocenters. The molecule has 0 aliphatic carbocycles. The summed E-state index contributed by atoms with van der Waals surface area (Å²) in [6.45, 7) is 1.89. The van der Waals surface area contributed by atoms with E-state index < -0.39 is 0 Å². The van der Waals surface area contributed by atoms with E-state index >= 15 is 0 Å². The summed E-state index contributed by atoms with van der Waals surface area (Å²) in [6, 6.07) is 18.6. The highest BCUT2D eigenvalue weighted by molar-refractivity contribution is 5.89. The molecule has 1 aromatic heterocycles. The minimum absolute atomic E-state index is 0.126. The molecule has 2 amide bonds. The first kappa shape index (κ1) is 24.0. The second kappa shape index (κ2) is 10.9. The van der Waals surface area contributed by atoms with Gasteiger partial charge >= 0.3 is 0 Å². The average molecular weight is 461 g/mol. The Balaban J connectivity index is 1.41. The number of nitrogens with zero attached hydrogens (tertiary/aromatic N) is 3. The first-order valence-corrected chi connectivity index (χ1v) is 12.2. The maximum atomic E-state index is 13.1. The molecule has 6 nitrogen and oxygen atoms in total. The molecule has 2 heterocycles. The molecule has 3 aromatic rings. The fourth-order valence-corrected chi connectivity index (χ4v) is 5.13. The largest absolute Gasteiger partial charge is 0.361 e. The molecule has 0 radical (unpaired) electrons. The van der Waals surface area contributed by atoms with Crippen molar-refractivity contribution < 1.29 is 9.59 Å². The zero-order valence-electron chi connectivity index (χ0n) is 20.5. The van der Waals surface area contributed by atoms with Crippen molar-refractivity contribution in [2.75, 3.05) is 40.8 Å². The van der Waals surface area contributed by atoms with Crippen molar-refractivity contribution in [3.63, 3.8) is 0 Å². The minimum atomic E-state index is 0.126. The fraction of sp³-hybridized carbons (Fsp3) is 0.429. The molecule has 1 aliphatic heterocycles. The number of H-pyrrole nitrogens is 1. The normalized spacial score (nSPS) is 15.6. The van der Waals surface area contributed by atoms with Crippen LogP contribution in [-0.2, 0) is 22.4 Å². The van der Waals surface area contributed by atoms with Gasteiger partial charge in [0.05, 0.1) is 13.0 Å². The van der Waals surface area contributed by atoms with Gasteiger partial charge in [-0.2, -0.15) is 0 Å². The van der Waals surface area contributed by atoms with Gasteiger partial charge in [-0.05, 0) is 56.5 Å². The molecular formula is C28H36N4O2. The predicted octanol–water partition coefficient (Wildman–Crippen LogP) is 3.58. The van der Waals surface area contributed by atoms with E-state index in [1.54, 1.807) is 0 Å². The number of carbonyl (C=O) groups is 2. The van der Waals surface area contributed by atoms with Gasteiger partial charge in [0.25, 0.3) is 0 Å². The Hall–Kier alpha value is -3.12. The van der Waals surface area contributed by atoms with E-state index in [0.717, 1.165) is 48.8 Å². The first-order chi connectivity index (χ1) is 16.4. The highest BCUT2D eigenvalue weighted by Crippen LogP contribution is 2.27. The summed E-state index contributed by atoms with van der Waals surface area (Å²) in [5, 5.41) is 1.12. The Morgan fingerprint density at radius 2 is 1.68 bits per heavy atom. The molecule has 1 N–H and O–H groups in total. The Morgan fingerprint density at radius 1 is 1.00 bits per heavy atom. The smallest absolute Gasteiger partial charge is 0.236 e. The molecule has 6 heteroatoms. The number of para-hydroxylation sites is 1. The Labute approximate surface area is 202 Å². The van der Waals surface area contributed by atoms with E-state index in [9.17, 15) is 9.59 Å². The number of aromatic amines is 1. The molecule has 0 saturated carbocycles. The molecule has 0 spiro atoms. The molecule has 1 fully saturated rings. The third-order valence-corrected chi connectivity index (χ3v) is 7.08. The Morgan fingerprint density at radius 3 is 2.38 bits per heavy atom. The highest BCUT2D eigenvalue weighted by atomic mass is 16.2. The third-order valence-electron chi connectivity index (χ3n) is 7.08. The van der Waals surface area contributed by atoms with Crippen molar-refractivity contribution >= 4 is 22.7 Å². The van der Waals surface area contributed by atoms with E-state index in [2.05, 4.69) is 35.3 Å². The number of piperidine rings is 1. The number of nitrogens with one attached hydrogen (secondary N) is 1. The van der Waals surface area contributed by atoms with Gasteiger partial charge in [0.15, 0.2) is 0 Å². The van der Waals surface area contributed by atoms with Crippen molar-refractivity contribution in [1.82, 2.24) is 19.7 Å². The van der Waals surface area contributed by atoms with Crippen LogP contribution in [0, 0.1) is 5.92 Å². The molecule has 180 valence electrons. The lowest BCUT2D eigenvalue weighted by atomic mass is 9.84. The Bertz CT molecular complexity index is 1100. The lowest BCUT2D eigenvalue weighted by Gasteiger charge is -2.40. The maximum absolute atomic E-state index is 13.1. The second-order valence-corrected chi connectivity index (χ2v) is 9.75. The maximum Gasteiger partial charge on any atom is 0.236 e. The lowest BCUT2D eigenvalue weighted by Crippen LogP contribution is -2.50. The van der Waals surface area contributed by atoms with E-state index in [1.807, 2.05) is 66.3 Å². The van der Waals surface area contributed by atoms with Gasteiger partial charge in [-0.15, -0.1) is 0 Å². The van der Waals surface area contributed by atoms with Crippen LogP contribution in [0.25, 0.3) is 10.9 Å². The van der Waals surface area contributed by atoms with Crippen LogP contribution in [0.5, 0.6) is 0 Å². The molecular weight excluding hydrogens is 424 g/mol. The third kappa shape index (κ3) is 5.68. The van der Waals surface area contributed by atoms with Crippen molar-refractivity contribution in [2.24, 2.45) is 5.92 Å². The number of hydrogen-bond acceptors (Lipinski definition) is 3. The predicted molar refractivity (Wildman–Crippen MR) is 137 cm³/mol. The lowest BCUT2D eigenvalue weighted by molar-refractivity contribution is -0.136. The van der Waals surface area contributed by atoms with Crippen molar-refractivity contribution in [2.45, 2.75) is 31.7 Å². The summed E-state index contributed by atoms with van der Waals surface area (Å²) >= 11 is 0. The highest BCUT2D eigenvalue weighted by Gasteiger charge is 2.32. The van der Waals surface area contributed by atoms with Crippen LogP contribution in [0.2, 0.25) is 0 Å². The number of likely N-dealkylation sites (tertiary alicyclic amines) is 1. The van der Waals surface area contributed by atoms with Crippen LogP contribution in [0.3, 0.4) is 0 Å².